The molecule has 0 radical (unpaired) electrons. The SMILES string of the molecule is CC(C)=CC(O)CCC(C)C. The first-order chi connectivity index (χ1) is 5.02. The van der Waals surface area contributed by atoms with Crippen LogP contribution in [-0.4, -0.2) is 11.2 Å². The van der Waals surface area contributed by atoms with E-state index in [4.69, 9.17) is 0 Å². The number of hydrogen-bond acceptors (Lipinski definition) is 1. The maximum Gasteiger partial charge on any atom is 0.0723 e. The van der Waals surface area contributed by atoms with Crippen LogP contribution in [0, 0.1) is 5.92 Å². The third-order valence-electron chi connectivity index (χ3n) is 1.57. The molecule has 1 N–H and O–H groups in total. The van der Waals surface area contributed by atoms with Crippen molar-refractivity contribution in [1.29, 1.82) is 0 Å². The fourth-order valence-corrected chi connectivity index (χ4v) is 0.972. The minimum atomic E-state index is -0.234. The highest BCUT2D eigenvalue weighted by Gasteiger charge is 2.01. The van der Waals surface area contributed by atoms with Gasteiger partial charge in [-0.25, -0.2) is 0 Å². The van der Waals surface area contributed by atoms with Gasteiger partial charge in [-0.15, -0.1) is 0 Å². The van der Waals surface area contributed by atoms with E-state index >= 15 is 0 Å². The monoisotopic (exact) mass is 156 g/mol. The van der Waals surface area contributed by atoms with E-state index in [1.54, 1.807) is 0 Å². The van der Waals surface area contributed by atoms with Crippen molar-refractivity contribution in [3.8, 4) is 0 Å². The summed E-state index contributed by atoms with van der Waals surface area (Å²) in [7, 11) is 0. The first kappa shape index (κ1) is 10.7. The van der Waals surface area contributed by atoms with Gasteiger partial charge >= 0.3 is 0 Å². The van der Waals surface area contributed by atoms with Crippen molar-refractivity contribution in [2.45, 2.75) is 46.6 Å². The first-order valence-corrected chi connectivity index (χ1v) is 4.35. The third kappa shape index (κ3) is 7.60. The van der Waals surface area contributed by atoms with Gasteiger partial charge in [0.1, 0.15) is 0 Å². The van der Waals surface area contributed by atoms with E-state index in [0.717, 1.165) is 12.8 Å². The van der Waals surface area contributed by atoms with E-state index in [0.29, 0.717) is 5.92 Å². The topological polar surface area (TPSA) is 20.2 Å². The van der Waals surface area contributed by atoms with Crippen molar-refractivity contribution >= 4 is 0 Å². The molecule has 0 aliphatic rings. The van der Waals surface area contributed by atoms with Gasteiger partial charge in [0.05, 0.1) is 6.10 Å². The number of aliphatic hydroxyl groups excluding tert-OH is 1. The summed E-state index contributed by atoms with van der Waals surface area (Å²) in [5, 5.41) is 9.39. The van der Waals surface area contributed by atoms with Crippen molar-refractivity contribution in [3.05, 3.63) is 11.6 Å². The molecule has 0 aromatic carbocycles. The Hall–Kier alpha value is -0.300. The normalized spacial score (nSPS) is 13.3. The second kappa shape index (κ2) is 5.36. The summed E-state index contributed by atoms with van der Waals surface area (Å²) in [6.45, 7) is 8.38. The highest BCUT2D eigenvalue weighted by molar-refractivity contribution is 4.97. The van der Waals surface area contributed by atoms with Gasteiger partial charge in [0, 0.05) is 0 Å². The molecule has 0 rings (SSSR count). The van der Waals surface area contributed by atoms with Crippen molar-refractivity contribution < 1.29 is 5.11 Å². The average molecular weight is 156 g/mol. The molecule has 0 bridgehead atoms. The van der Waals surface area contributed by atoms with Crippen molar-refractivity contribution in [1.82, 2.24) is 0 Å². The van der Waals surface area contributed by atoms with Crippen LogP contribution in [0.15, 0.2) is 11.6 Å². The average Bonchev–Trinajstić information content (AvgIpc) is 1.82. The number of allylic oxidation sites excluding steroid dienone is 1. The maximum atomic E-state index is 9.39. The van der Waals surface area contributed by atoms with E-state index in [9.17, 15) is 5.11 Å². The predicted octanol–water partition coefficient (Wildman–Crippen LogP) is 2.75. The summed E-state index contributed by atoms with van der Waals surface area (Å²) >= 11 is 0. The van der Waals surface area contributed by atoms with Crippen LogP contribution in [0.2, 0.25) is 0 Å². The van der Waals surface area contributed by atoms with Gasteiger partial charge in [-0.3, -0.25) is 0 Å². The largest absolute Gasteiger partial charge is 0.389 e. The Kier molecular flexibility index (Phi) is 5.22. The van der Waals surface area contributed by atoms with Gasteiger partial charge in [0.2, 0.25) is 0 Å². The third-order valence-corrected chi connectivity index (χ3v) is 1.57. The smallest absolute Gasteiger partial charge is 0.0723 e. The van der Waals surface area contributed by atoms with E-state index in [2.05, 4.69) is 13.8 Å². The molecule has 1 atom stereocenters. The Morgan fingerprint density at radius 1 is 1.27 bits per heavy atom. The standard InChI is InChI=1S/C10H20O/c1-8(2)5-6-10(11)7-9(3)4/h7-8,10-11H,5-6H2,1-4H3. The van der Waals surface area contributed by atoms with Crippen LogP contribution in [0.5, 0.6) is 0 Å². The summed E-state index contributed by atoms with van der Waals surface area (Å²) in [6.07, 6.45) is 3.68. The Bertz CT molecular complexity index is 121. The van der Waals surface area contributed by atoms with Gasteiger partial charge in [0.25, 0.3) is 0 Å². The van der Waals surface area contributed by atoms with Crippen molar-refractivity contribution in [2.75, 3.05) is 0 Å². The highest BCUT2D eigenvalue weighted by Crippen LogP contribution is 2.08. The van der Waals surface area contributed by atoms with Gasteiger partial charge in [-0.1, -0.05) is 25.5 Å². The van der Waals surface area contributed by atoms with E-state index < -0.39 is 0 Å². The lowest BCUT2D eigenvalue weighted by Gasteiger charge is -2.07. The number of rotatable bonds is 4. The summed E-state index contributed by atoms with van der Waals surface area (Å²) in [4.78, 5) is 0. The summed E-state index contributed by atoms with van der Waals surface area (Å²) in [5.74, 6) is 0.690. The molecule has 0 spiro atoms. The maximum absolute atomic E-state index is 9.39. The van der Waals surface area contributed by atoms with E-state index in [-0.39, 0.29) is 6.10 Å². The zero-order valence-electron chi connectivity index (χ0n) is 8.09. The van der Waals surface area contributed by atoms with E-state index in [1.807, 2.05) is 19.9 Å². The lowest BCUT2D eigenvalue weighted by Crippen LogP contribution is -2.04. The van der Waals surface area contributed by atoms with Crippen molar-refractivity contribution in [2.24, 2.45) is 5.92 Å². The number of hydrogen-bond donors (Lipinski definition) is 1. The molecule has 0 aliphatic heterocycles. The second-order valence-corrected chi connectivity index (χ2v) is 3.78. The Morgan fingerprint density at radius 3 is 2.18 bits per heavy atom. The molecule has 0 aromatic heterocycles. The zero-order valence-corrected chi connectivity index (χ0v) is 8.09. The van der Waals surface area contributed by atoms with Crippen LogP contribution in [-0.2, 0) is 0 Å². The van der Waals surface area contributed by atoms with Gasteiger partial charge < -0.3 is 5.11 Å². The predicted molar refractivity (Wildman–Crippen MR) is 49.5 cm³/mol. The Labute approximate surface area is 70.1 Å². The first-order valence-electron chi connectivity index (χ1n) is 4.35. The van der Waals surface area contributed by atoms with Crippen LogP contribution in [0.3, 0.4) is 0 Å². The van der Waals surface area contributed by atoms with Gasteiger partial charge in [0.15, 0.2) is 0 Å². The molecular formula is C10H20O. The van der Waals surface area contributed by atoms with Crippen molar-refractivity contribution in [3.63, 3.8) is 0 Å². The molecule has 0 aromatic rings. The minimum Gasteiger partial charge on any atom is -0.389 e. The minimum absolute atomic E-state index is 0.234. The quantitative estimate of drug-likeness (QED) is 0.620. The van der Waals surface area contributed by atoms with Crippen LogP contribution < -0.4 is 0 Å². The second-order valence-electron chi connectivity index (χ2n) is 3.78. The summed E-state index contributed by atoms with van der Waals surface area (Å²) < 4.78 is 0. The molecule has 0 aliphatic carbocycles. The Morgan fingerprint density at radius 2 is 1.82 bits per heavy atom. The van der Waals surface area contributed by atoms with Crippen LogP contribution in [0.1, 0.15) is 40.5 Å². The van der Waals surface area contributed by atoms with Crippen LogP contribution in [0.4, 0.5) is 0 Å². The fraction of sp³-hybridized carbons (Fsp3) is 0.800. The fourth-order valence-electron chi connectivity index (χ4n) is 0.972. The highest BCUT2D eigenvalue weighted by atomic mass is 16.3. The molecule has 66 valence electrons. The lowest BCUT2D eigenvalue weighted by atomic mass is 10.0. The molecule has 1 unspecified atom stereocenters. The number of aliphatic hydroxyl groups is 1. The molecular weight excluding hydrogens is 136 g/mol. The molecule has 0 fully saturated rings. The molecule has 0 saturated heterocycles. The van der Waals surface area contributed by atoms with E-state index in [1.165, 1.54) is 5.57 Å². The summed E-state index contributed by atoms with van der Waals surface area (Å²) in [6, 6.07) is 0. The molecule has 1 nitrogen and oxygen atoms in total. The molecule has 11 heavy (non-hydrogen) atoms. The molecule has 0 saturated carbocycles. The van der Waals surface area contributed by atoms with Gasteiger partial charge in [-0.2, -0.15) is 0 Å². The van der Waals surface area contributed by atoms with Crippen LogP contribution >= 0.6 is 0 Å². The molecule has 0 heterocycles. The van der Waals surface area contributed by atoms with Gasteiger partial charge in [-0.05, 0) is 32.6 Å². The van der Waals surface area contributed by atoms with Crippen LogP contribution in [0.25, 0.3) is 0 Å². The zero-order chi connectivity index (χ0) is 8.85. The summed E-state index contributed by atoms with van der Waals surface area (Å²) in [5.41, 5.74) is 1.20. The molecule has 0 amide bonds. The molecule has 1 heteroatoms. The lowest BCUT2D eigenvalue weighted by molar-refractivity contribution is 0.202. The Balaban J connectivity index is 3.53.